The summed E-state index contributed by atoms with van der Waals surface area (Å²) in [5, 5.41) is 3.78. The zero-order valence-electron chi connectivity index (χ0n) is 12.2. The number of hydrogen-bond acceptors (Lipinski definition) is 2. The molecule has 0 aliphatic heterocycles. The van der Waals surface area contributed by atoms with Crippen molar-refractivity contribution in [1.29, 1.82) is 0 Å². The Kier molecular flexibility index (Phi) is 4.23. The number of fused-ring (bicyclic) bond motifs is 1. The first-order chi connectivity index (χ1) is 9.54. The summed E-state index contributed by atoms with van der Waals surface area (Å²) in [6.07, 6.45) is 2.70. The minimum Gasteiger partial charge on any atom is -0.355 e. The minimum absolute atomic E-state index is 0.0216. The highest BCUT2D eigenvalue weighted by molar-refractivity contribution is 6.07. The average molecular weight is 272 g/mol. The first-order valence-electron chi connectivity index (χ1n) is 6.90. The highest BCUT2D eigenvalue weighted by Gasteiger charge is 2.14. The lowest BCUT2D eigenvalue weighted by Gasteiger charge is -2.07. The van der Waals surface area contributed by atoms with Crippen molar-refractivity contribution in [2.24, 2.45) is 0 Å². The van der Waals surface area contributed by atoms with E-state index in [9.17, 15) is 9.59 Å². The summed E-state index contributed by atoms with van der Waals surface area (Å²) >= 11 is 0. The number of para-hydroxylation sites is 1. The van der Waals surface area contributed by atoms with Crippen molar-refractivity contribution < 1.29 is 9.59 Å². The van der Waals surface area contributed by atoms with Gasteiger partial charge in [0, 0.05) is 23.7 Å². The molecule has 0 spiro atoms. The van der Waals surface area contributed by atoms with Crippen LogP contribution in [0, 0.1) is 6.92 Å². The lowest BCUT2D eigenvalue weighted by Crippen LogP contribution is -2.27. The van der Waals surface area contributed by atoms with Crippen LogP contribution in [-0.4, -0.2) is 22.8 Å². The third-order valence-electron chi connectivity index (χ3n) is 3.37. The Labute approximate surface area is 118 Å². The van der Waals surface area contributed by atoms with Gasteiger partial charge in [-0.3, -0.25) is 9.59 Å². The number of ketones is 1. The van der Waals surface area contributed by atoms with Crippen molar-refractivity contribution >= 4 is 22.6 Å². The van der Waals surface area contributed by atoms with E-state index < -0.39 is 0 Å². The standard InChI is InChI=1S/C16H20N2O2/c1-4-8-17-15(20)10-18-9-14(12(3)19)13-7-5-6-11(2)16(13)18/h5-7,9H,4,8,10H2,1-3H3,(H,17,20). The molecular formula is C16H20N2O2. The number of aryl methyl sites for hydroxylation is 1. The van der Waals surface area contributed by atoms with E-state index in [4.69, 9.17) is 0 Å². The second-order valence-corrected chi connectivity index (χ2v) is 5.05. The lowest BCUT2D eigenvalue weighted by molar-refractivity contribution is -0.121. The first-order valence-corrected chi connectivity index (χ1v) is 6.90. The highest BCUT2D eigenvalue weighted by Crippen LogP contribution is 2.24. The van der Waals surface area contributed by atoms with Gasteiger partial charge in [-0.1, -0.05) is 25.1 Å². The number of amides is 1. The summed E-state index contributed by atoms with van der Waals surface area (Å²) in [5.74, 6) is -0.00424. The largest absolute Gasteiger partial charge is 0.355 e. The molecule has 1 heterocycles. The molecule has 1 amide bonds. The Morgan fingerprint density at radius 2 is 2.05 bits per heavy atom. The lowest BCUT2D eigenvalue weighted by atomic mass is 10.1. The van der Waals surface area contributed by atoms with Crippen molar-refractivity contribution in [1.82, 2.24) is 9.88 Å². The first kappa shape index (κ1) is 14.3. The number of Topliss-reactive ketones (excluding diaryl/α,β-unsaturated/α-hetero) is 1. The van der Waals surface area contributed by atoms with Gasteiger partial charge in [0.15, 0.2) is 5.78 Å². The van der Waals surface area contributed by atoms with E-state index in [0.29, 0.717) is 12.1 Å². The van der Waals surface area contributed by atoms with Gasteiger partial charge >= 0.3 is 0 Å². The summed E-state index contributed by atoms with van der Waals surface area (Å²) in [4.78, 5) is 23.6. The van der Waals surface area contributed by atoms with Crippen LogP contribution < -0.4 is 5.32 Å². The molecule has 0 bridgehead atoms. The van der Waals surface area contributed by atoms with Gasteiger partial charge in [0.05, 0.1) is 5.52 Å². The molecule has 20 heavy (non-hydrogen) atoms. The molecule has 2 aromatic rings. The van der Waals surface area contributed by atoms with Crippen LogP contribution in [0.3, 0.4) is 0 Å². The van der Waals surface area contributed by atoms with E-state index in [2.05, 4.69) is 5.32 Å². The number of rotatable bonds is 5. The fourth-order valence-corrected chi connectivity index (χ4v) is 2.43. The normalized spacial score (nSPS) is 10.8. The van der Waals surface area contributed by atoms with Crippen molar-refractivity contribution in [2.45, 2.75) is 33.7 Å². The molecule has 1 aromatic carbocycles. The topological polar surface area (TPSA) is 51.1 Å². The molecule has 0 saturated heterocycles. The predicted molar refractivity (Wildman–Crippen MR) is 80.0 cm³/mol. The van der Waals surface area contributed by atoms with E-state index in [1.807, 2.05) is 36.6 Å². The monoisotopic (exact) mass is 272 g/mol. The quantitative estimate of drug-likeness (QED) is 0.851. The molecule has 0 aliphatic rings. The van der Waals surface area contributed by atoms with Gasteiger partial charge in [-0.15, -0.1) is 0 Å². The Hall–Kier alpha value is -2.10. The van der Waals surface area contributed by atoms with Crippen LogP contribution in [0.25, 0.3) is 10.9 Å². The van der Waals surface area contributed by atoms with Crippen molar-refractivity contribution in [3.8, 4) is 0 Å². The number of nitrogens with one attached hydrogen (secondary N) is 1. The van der Waals surface area contributed by atoms with E-state index >= 15 is 0 Å². The minimum atomic E-state index is -0.0258. The molecule has 0 saturated carbocycles. The number of benzene rings is 1. The van der Waals surface area contributed by atoms with Crippen molar-refractivity contribution in [3.05, 3.63) is 35.5 Å². The van der Waals surface area contributed by atoms with E-state index in [-0.39, 0.29) is 18.2 Å². The maximum absolute atomic E-state index is 11.9. The molecule has 0 fully saturated rings. The maximum Gasteiger partial charge on any atom is 0.239 e. The van der Waals surface area contributed by atoms with Crippen molar-refractivity contribution in [3.63, 3.8) is 0 Å². The summed E-state index contributed by atoms with van der Waals surface area (Å²) < 4.78 is 1.87. The third-order valence-corrected chi connectivity index (χ3v) is 3.37. The van der Waals surface area contributed by atoms with Gasteiger partial charge in [-0.25, -0.2) is 0 Å². The maximum atomic E-state index is 11.9. The fourth-order valence-electron chi connectivity index (χ4n) is 2.43. The second-order valence-electron chi connectivity index (χ2n) is 5.05. The van der Waals surface area contributed by atoms with Crippen LogP contribution in [-0.2, 0) is 11.3 Å². The highest BCUT2D eigenvalue weighted by atomic mass is 16.2. The molecule has 0 unspecified atom stereocenters. The molecular weight excluding hydrogens is 252 g/mol. The molecule has 0 radical (unpaired) electrons. The number of carbonyl (C=O) groups excluding carboxylic acids is 2. The Morgan fingerprint density at radius 3 is 2.70 bits per heavy atom. The Bertz CT molecular complexity index is 656. The number of aromatic nitrogens is 1. The molecule has 106 valence electrons. The van der Waals surface area contributed by atoms with Gasteiger partial charge in [-0.05, 0) is 25.8 Å². The zero-order chi connectivity index (χ0) is 14.7. The van der Waals surface area contributed by atoms with Gasteiger partial charge in [0.2, 0.25) is 5.91 Å². The summed E-state index contributed by atoms with van der Waals surface area (Å²) in [7, 11) is 0. The summed E-state index contributed by atoms with van der Waals surface area (Å²) in [6.45, 7) is 6.49. The van der Waals surface area contributed by atoms with Crippen LogP contribution in [0.2, 0.25) is 0 Å². The summed E-state index contributed by atoms with van der Waals surface area (Å²) in [6, 6.07) is 5.86. The molecule has 4 nitrogen and oxygen atoms in total. The van der Waals surface area contributed by atoms with Gasteiger partial charge in [0.25, 0.3) is 0 Å². The number of nitrogens with zero attached hydrogens (tertiary/aromatic N) is 1. The van der Waals surface area contributed by atoms with Gasteiger partial charge < -0.3 is 9.88 Å². The molecule has 2 rings (SSSR count). The van der Waals surface area contributed by atoms with Gasteiger partial charge in [0.1, 0.15) is 6.54 Å². The SMILES string of the molecule is CCCNC(=O)Cn1cc(C(C)=O)c2cccc(C)c21. The molecule has 0 atom stereocenters. The fraction of sp³-hybridized carbons (Fsp3) is 0.375. The van der Waals surface area contributed by atoms with Crippen LogP contribution in [0.4, 0.5) is 0 Å². The van der Waals surface area contributed by atoms with Crippen LogP contribution in [0.15, 0.2) is 24.4 Å². The van der Waals surface area contributed by atoms with Crippen LogP contribution >= 0.6 is 0 Å². The van der Waals surface area contributed by atoms with E-state index in [1.165, 1.54) is 0 Å². The van der Waals surface area contributed by atoms with E-state index in [0.717, 1.165) is 22.9 Å². The predicted octanol–water partition coefficient (Wildman–Crippen LogP) is 2.68. The molecule has 1 aromatic heterocycles. The van der Waals surface area contributed by atoms with Gasteiger partial charge in [-0.2, -0.15) is 0 Å². The van der Waals surface area contributed by atoms with Crippen molar-refractivity contribution in [2.75, 3.05) is 6.54 Å². The smallest absolute Gasteiger partial charge is 0.239 e. The van der Waals surface area contributed by atoms with Crippen LogP contribution in [0.5, 0.6) is 0 Å². The molecule has 4 heteroatoms. The van der Waals surface area contributed by atoms with Crippen LogP contribution in [0.1, 0.15) is 36.2 Å². The van der Waals surface area contributed by atoms with E-state index in [1.54, 1.807) is 13.1 Å². The molecule has 1 N–H and O–H groups in total. The second kappa shape index (κ2) is 5.90. The summed E-state index contributed by atoms with van der Waals surface area (Å²) in [5.41, 5.74) is 2.70. The number of carbonyl (C=O) groups is 2. The number of hydrogen-bond donors (Lipinski definition) is 1. The average Bonchev–Trinajstić information content (AvgIpc) is 2.77. The Balaban J connectivity index is 2.43. The Morgan fingerprint density at radius 1 is 1.30 bits per heavy atom. The molecule has 0 aliphatic carbocycles. The zero-order valence-corrected chi connectivity index (χ0v) is 12.2. The third kappa shape index (κ3) is 2.74.